The highest BCUT2D eigenvalue weighted by Gasteiger charge is 2.40. The van der Waals surface area contributed by atoms with Gasteiger partial charge in [0, 0.05) is 69.7 Å². The lowest BCUT2D eigenvalue weighted by molar-refractivity contribution is -0.142. The molecule has 13 amide bonds. The van der Waals surface area contributed by atoms with Crippen LogP contribution in [0.1, 0.15) is 107 Å². The number of pyridine rings is 1. The lowest BCUT2D eigenvalue weighted by atomic mass is 9.99. The molecule has 31 nitrogen and oxygen atoms in total. The number of nitrogens with zero attached hydrogens (tertiary/aromatic N) is 3. The second-order valence-electron chi connectivity index (χ2n) is 25.2. The van der Waals surface area contributed by atoms with Gasteiger partial charge in [-0.15, -0.1) is 0 Å². The highest BCUT2D eigenvalue weighted by molar-refractivity contribution is 6.30. The molecule has 1 fully saturated rings. The summed E-state index contributed by atoms with van der Waals surface area (Å²) in [4.78, 5) is 176. The summed E-state index contributed by atoms with van der Waals surface area (Å²) in [6.45, 7) is 3.66. The molecule has 0 unspecified atom stereocenters. The number of aromatic nitrogens is 1. The number of aromatic hydroxyl groups is 1. The standard InChI is InChI=1S/C71H94ClN17O14/c1-4-5-16-51(62(95)84-53(18-11-32-78-70(74)75)69(102)89-33-12-19-59(89)68(101)80-41(2)60(73)93)82-61(94)52(17-8-9-31-79-71(76)103)83-64(97)55(36-44-23-28-50(92)29-24-44)87-67(100)58(40-90)88-66(99)57(38-46-13-10-30-77-39-46)86-65(98)56(35-43-21-26-49(72)27-22-43)85-63(96)54(81-42(3)91)37-45-20-25-47-14-6-7-15-48(47)34-45/h6-7,10,13-15,20-30,34,39,41,51-59,90,92H,4-5,8-9,11-12,16-19,31-33,35-38,40H2,1-3H3,(H2,73,93)(H,80,101)(H,81,91)(H,82,94)(H,83,97)(H,84,95)(H,85,96)(H,86,98)(H,87,100)(H,88,99)(H4,74,75,78)(H3,76,79,103)/t41-,51+,52-,53+,54-,55+,56-,57-,58+,59+/m1/s1. The fourth-order valence-corrected chi connectivity index (χ4v) is 11.7. The van der Waals surface area contributed by atoms with Crippen LogP contribution in [0.15, 0.2) is 121 Å². The van der Waals surface area contributed by atoms with E-state index in [2.05, 4.69) is 63.1 Å². The van der Waals surface area contributed by atoms with Crippen LogP contribution in [0, 0.1) is 0 Å². The van der Waals surface area contributed by atoms with E-state index >= 15 is 0 Å². The number of unbranched alkanes of at least 4 members (excludes halogenated alkanes) is 2. The number of carbonyl (C=O) groups excluding carboxylic acids is 12. The normalized spacial score (nSPS) is 15.1. The van der Waals surface area contributed by atoms with Crippen molar-refractivity contribution in [2.24, 2.45) is 27.9 Å². The van der Waals surface area contributed by atoms with Gasteiger partial charge in [0.05, 0.1) is 6.61 Å². The van der Waals surface area contributed by atoms with Crippen LogP contribution in [0.4, 0.5) is 4.79 Å². The van der Waals surface area contributed by atoms with E-state index in [4.69, 9.17) is 34.5 Å². The Kier molecular flexibility index (Phi) is 32.3. The van der Waals surface area contributed by atoms with Crippen molar-refractivity contribution < 1.29 is 67.7 Å². The molecule has 1 aromatic heterocycles. The Bertz CT molecular complexity index is 3770. The van der Waals surface area contributed by atoms with Crippen molar-refractivity contribution in [3.05, 3.63) is 143 Å². The molecule has 0 saturated carbocycles. The van der Waals surface area contributed by atoms with Crippen molar-refractivity contribution in [3.63, 3.8) is 0 Å². The molecule has 2 heterocycles. The van der Waals surface area contributed by atoms with E-state index in [9.17, 15) is 67.7 Å². The minimum Gasteiger partial charge on any atom is -0.508 e. The van der Waals surface area contributed by atoms with Crippen molar-refractivity contribution in [2.75, 3.05) is 26.2 Å². The minimum atomic E-state index is -1.84. The van der Waals surface area contributed by atoms with Gasteiger partial charge in [0.1, 0.15) is 66.2 Å². The van der Waals surface area contributed by atoms with Crippen LogP contribution in [0.3, 0.4) is 0 Å². The van der Waals surface area contributed by atoms with Crippen LogP contribution < -0.4 is 76.1 Å². The number of nitrogens with two attached hydrogens (primary N) is 4. The molecular formula is C71H94ClN17O14. The zero-order chi connectivity index (χ0) is 75.1. The molecule has 1 saturated heterocycles. The average molecular weight is 1450 g/mol. The summed E-state index contributed by atoms with van der Waals surface area (Å²) >= 11 is 6.23. The molecule has 4 aromatic carbocycles. The quantitative estimate of drug-likeness (QED) is 0.0137. The lowest BCUT2D eigenvalue weighted by Crippen LogP contribution is -2.61. The number of phenolic OH excluding ortho intramolecular Hbond substituents is 1. The molecule has 103 heavy (non-hydrogen) atoms. The molecule has 1 aliphatic rings. The predicted octanol–water partition coefficient (Wildman–Crippen LogP) is -0.182. The number of primary amides is 2. The number of urea groups is 1. The Labute approximate surface area is 601 Å². The minimum absolute atomic E-state index is 0.0273. The third kappa shape index (κ3) is 26.8. The van der Waals surface area contributed by atoms with Gasteiger partial charge in [-0.25, -0.2) is 4.79 Å². The second kappa shape index (κ2) is 41.1. The SMILES string of the molecule is CCCC[C@H](NC(=O)[C@@H](CCCCNC(N)=O)NC(=O)[C@H](Cc1ccc(O)cc1)NC(=O)[C@H](CO)NC(=O)[C@@H](Cc1cccnc1)NC(=O)[C@@H](Cc1ccc(Cl)cc1)NC(=O)[C@@H](Cc1ccc2ccccc2c1)NC(C)=O)C(=O)N[C@@H](CCCN=C(N)N)C(=O)N1CCC[C@H]1C(=O)N[C@H](C)C(N)=O. The summed E-state index contributed by atoms with van der Waals surface area (Å²) in [5.74, 6) is -9.37. The summed E-state index contributed by atoms with van der Waals surface area (Å²) in [6, 6.07) is 13.8. The Morgan fingerprint density at radius 1 is 0.563 bits per heavy atom. The first-order valence-corrected chi connectivity index (χ1v) is 34.5. The van der Waals surface area contributed by atoms with Crippen molar-refractivity contribution in [3.8, 4) is 5.75 Å². The summed E-state index contributed by atoms with van der Waals surface area (Å²) in [5.41, 5.74) is 23.9. The fourth-order valence-electron chi connectivity index (χ4n) is 11.5. The molecule has 0 radical (unpaired) electrons. The van der Waals surface area contributed by atoms with Crippen molar-refractivity contribution in [1.82, 2.24) is 63.1 Å². The first kappa shape index (κ1) is 81.0. The summed E-state index contributed by atoms with van der Waals surface area (Å²) < 4.78 is 0. The maximum Gasteiger partial charge on any atom is 0.312 e. The van der Waals surface area contributed by atoms with Gasteiger partial charge in [0.15, 0.2) is 5.96 Å². The van der Waals surface area contributed by atoms with Gasteiger partial charge in [-0.05, 0) is 122 Å². The summed E-state index contributed by atoms with van der Waals surface area (Å²) in [5, 5.41) is 49.8. The Balaban J connectivity index is 1.26. The third-order valence-electron chi connectivity index (χ3n) is 17.1. The molecule has 554 valence electrons. The number of rotatable bonds is 40. The number of hydrogen-bond donors (Lipinski definition) is 16. The van der Waals surface area contributed by atoms with Gasteiger partial charge in [0.2, 0.25) is 65.0 Å². The number of phenols is 1. The maximum absolute atomic E-state index is 14.9. The van der Waals surface area contributed by atoms with Gasteiger partial charge < -0.3 is 91.2 Å². The Hall–Kier alpha value is -10.9. The van der Waals surface area contributed by atoms with Gasteiger partial charge in [-0.2, -0.15) is 0 Å². The number of nitrogens with one attached hydrogen (secondary N) is 10. The Morgan fingerprint density at radius 2 is 1.06 bits per heavy atom. The molecule has 32 heteroatoms. The monoisotopic (exact) mass is 1440 g/mol. The molecule has 5 aromatic rings. The Morgan fingerprint density at radius 3 is 1.60 bits per heavy atom. The molecule has 0 bridgehead atoms. The highest BCUT2D eigenvalue weighted by Crippen LogP contribution is 2.22. The molecule has 0 spiro atoms. The van der Waals surface area contributed by atoms with E-state index in [0.29, 0.717) is 46.5 Å². The van der Waals surface area contributed by atoms with E-state index in [-0.39, 0.29) is 102 Å². The predicted molar refractivity (Wildman–Crippen MR) is 383 cm³/mol. The molecule has 0 aliphatic carbocycles. The molecule has 1 aliphatic heterocycles. The number of aliphatic hydroxyl groups excluding tert-OH is 1. The topological polar surface area (TPSA) is 498 Å². The van der Waals surface area contributed by atoms with Crippen molar-refractivity contribution in [2.45, 2.75) is 171 Å². The number of carbonyl (C=O) groups is 12. The largest absolute Gasteiger partial charge is 0.508 e. The number of fused-ring (bicyclic) bond motifs is 1. The third-order valence-corrected chi connectivity index (χ3v) is 17.3. The van der Waals surface area contributed by atoms with E-state index in [1.807, 2.05) is 49.4 Å². The van der Waals surface area contributed by atoms with Crippen LogP contribution in [-0.4, -0.2) is 184 Å². The molecule has 6 rings (SSSR count). The van der Waals surface area contributed by atoms with E-state index in [1.165, 1.54) is 55.4 Å². The van der Waals surface area contributed by atoms with Crippen LogP contribution in [0.2, 0.25) is 5.02 Å². The number of benzene rings is 4. The number of halogens is 1. The number of hydrogen-bond acceptors (Lipinski definition) is 16. The van der Waals surface area contributed by atoms with Gasteiger partial charge in [-0.3, -0.25) is 62.7 Å². The number of amides is 13. The molecular weight excluding hydrogens is 1350 g/mol. The second-order valence-corrected chi connectivity index (χ2v) is 25.7. The van der Waals surface area contributed by atoms with Crippen LogP contribution in [0.5, 0.6) is 5.75 Å². The van der Waals surface area contributed by atoms with Crippen molar-refractivity contribution in [1.29, 1.82) is 0 Å². The van der Waals surface area contributed by atoms with E-state index < -0.39 is 138 Å². The zero-order valence-corrected chi connectivity index (χ0v) is 58.5. The number of likely N-dealkylation sites (tertiary alicyclic amines) is 1. The smallest absolute Gasteiger partial charge is 0.312 e. The summed E-state index contributed by atoms with van der Waals surface area (Å²) in [7, 11) is 0. The van der Waals surface area contributed by atoms with Crippen LogP contribution >= 0.6 is 11.6 Å². The maximum atomic E-state index is 14.9. The molecule has 10 atom stereocenters. The van der Waals surface area contributed by atoms with Gasteiger partial charge >= 0.3 is 6.03 Å². The van der Waals surface area contributed by atoms with E-state index in [0.717, 1.165) is 10.8 Å². The zero-order valence-electron chi connectivity index (χ0n) is 57.8. The number of aliphatic hydroxyl groups is 1. The first-order chi connectivity index (χ1) is 49.2. The van der Waals surface area contributed by atoms with Gasteiger partial charge in [0.25, 0.3) is 0 Å². The van der Waals surface area contributed by atoms with E-state index in [1.54, 1.807) is 36.4 Å². The first-order valence-electron chi connectivity index (χ1n) is 34.1. The van der Waals surface area contributed by atoms with Crippen LogP contribution in [-0.2, 0) is 78.4 Å². The van der Waals surface area contributed by atoms with Gasteiger partial charge in [-0.1, -0.05) is 104 Å². The lowest BCUT2D eigenvalue weighted by Gasteiger charge is -2.30. The van der Waals surface area contributed by atoms with Crippen LogP contribution in [0.25, 0.3) is 10.8 Å². The van der Waals surface area contributed by atoms with Crippen molar-refractivity contribution >= 4 is 99.3 Å². The fraction of sp³-hybridized carbons (Fsp3) is 0.437. The average Bonchev–Trinajstić information content (AvgIpc) is 1.82. The number of guanidine groups is 1. The summed E-state index contributed by atoms with van der Waals surface area (Å²) in [6.07, 6.45) is 4.22. The highest BCUT2D eigenvalue weighted by atomic mass is 35.5. The number of aliphatic imine (C=N–C) groups is 1. The molecule has 20 N–H and O–H groups in total.